The number of nitrogens with one attached hydrogen (secondary N) is 1. The second-order valence-corrected chi connectivity index (χ2v) is 5.89. The van der Waals surface area contributed by atoms with Gasteiger partial charge < -0.3 is 5.32 Å². The van der Waals surface area contributed by atoms with E-state index in [-0.39, 0.29) is 25.5 Å². The average Bonchev–Trinajstić information content (AvgIpc) is 2.46. The molecule has 1 aliphatic heterocycles. The van der Waals surface area contributed by atoms with Crippen molar-refractivity contribution in [1.29, 1.82) is 0 Å². The summed E-state index contributed by atoms with van der Waals surface area (Å²) in [6.45, 7) is 1.05. The van der Waals surface area contributed by atoms with Gasteiger partial charge in [-0.25, -0.2) is 4.39 Å². The number of benzene rings is 1. The Morgan fingerprint density at radius 2 is 1.64 bits per heavy atom. The van der Waals surface area contributed by atoms with Crippen LogP contribution in [0.5, 0.6) is 0 Å². The van der Waals surface area contributed by atoms with Gasteiger partial charge in [0.1, 0.15) is 5.82 Å². The molecule has 0 aliphatic carbocycles. The monoisotopic (exact) mass is 414 g/mol. The Morgan fingerprint density at radius 3 is 2.12 bits per heavy atom. The van der Waals surface area contributed by atoms with Crippen LogP contribution in [0.4, 0.5) is 30.7 Å². The van der Waals surface area contributed by atoms with Gasteiger partial charge in [0.05, 0.1) is 17.0 Å². The normalized spacial score (nSPS) is 17.9. The summed E-state index contributed by atoms with van der Waals surface area (Å²) in [5.41, 5.74) is -1.96. The van der Waals surface area contributed by atoms with E-state index in [0.717, 1.165) is 0 Å². The molecule has 144 valence electrons. The Kier molecular flexibility index (Phi) is 7.38. The minimum absolute atomic E-state index is 0. The molecule has 0 spiro atoms. The van der Waals surface area contributed by atoms with Crippen LogP contribution in [0, 0.1) is 5.82 Å². The Labute approximate surface area is 150 Å². The summed E-state index contributed by atoms with van der Waals surface area (Å²) in [7, 11) is 0. The van der Waals surface area contributed by atoms with Crippen molar-refractivity contribution in [2.45, 2.75) is 24.8 Å². The predicted octanol–water partition coefficient (Wildman–Crippen LogP) is 4.82. The van der Waals surface area contributed by atoms with E-state index in [1.807, 2.05) is 0 Å². The highest BCUT2D eigenvalue weighted by atomic mass is 35.5. The molecule has 1 aromatic carbocycles. The highest BCUT2D eigenvalue weighted by Gasteiger charge is 2.39. The fourth-order valence-electron chi connectivity index (χ4n) is 2.67. The highest BCUT2D eigenvalue weighted by molar-refractivity contribution is 6.30. The fourth-order valence-corrected chi connectivity index (χ4v) is 2.89. The molecule has 2 nitrogen and oxygen atoms in total. The van der Waals surface area contributed by atoms with E-state index in [9.17, 15) is 30.7 Å². The number of alkyl halides is 6. The van der Waals surface area contributed by atoms with Crippen LogP contribution >= 0.6 is 24.0 Å². The lowest BCUT2D eigenvalue weighted by molar-refractivity contribution is -0.149. The van der Waals surface area contributed by atoms with E-state index in [4.69, 9.17) is 11.6 Å². The molecule has 2 rings (SSSR count). The number of hydrogen-bond donors (Lipinski definition) is 1. The van der Waals surface area contributed by atoms with Crippen molar-refractivity contribution in [2.24, 2.45) is 0 Å². The lowest BCUT2D eigenvalue weighted by Crippen LogP contribution is -2.46. The van der Waals surface area contributed by atoms with Gasteiger partial charge in [-0.15, -0.1) is 12.4 Å². The first kappa shape index (κ1) is 22.3. The first-order valence-corrected chi connectivity index (χ1v) is 7.44. The SMILES string of the molecule is Cl.Fc1c(Cl)cc(C(F)(F)F)cc1[C@H](CC(F)(F)F)N1CCNCC1. The molecule has 1 fully saturated rings. The highest BCUT2D eigenvalue weighted by Crippen LogP contribution is 2.40. The van der Waals surface area contributed by atoms with Crippen molar-refractivity contribution in [3.63, 3.8) is 0 Å². The predicted molar refractivity (Wildman–Crippen MR) is 81.5 cm³/mol. The molecule has 1 heterocycles. The van der Waals surface area contributed by atoms with Crippen molar-refractivity contribution in [3.8, 4) is 0 Å². The van der Waals surface area contributed by atoms with Crippen LogP contribution in [0.25, 0.3) is 0 Å². The maximum atomic E-state index is 14.2. The lowest BCUT2D eigenvalue weighted by atomic mass is 9.97. The number of hydrogen-bond acceptors (Lipinski definition) is 2. The van der Waals surface area contributed by atoms with Gasteiger partial charge in [-0.05, 0) is 12.1 Å². The summed E-state index contributed by atoms with van der Waals surface area (Å²) in [5, 5.41) is 2.08. The molecule has 1 N–H and O–H groups in total. The third-order valence-corrected chi connectivity index (χ3v) is 4.03. The second-order valence-electron chi connectivity index (χ2n) is 5.48. The molecule has 1 atom stereocenters. The molecule has 1 aromatic rings. The fraction of sp³-hybridized carbons (Fsp3) is 0.571. The topological polar surface area (TPSA) is 15.3 Å². The second kappa shape index (κ2) is 8.28. The van der Waals surface area contributed by atoms with Crippen LogP contribution in [-0.2, 0) is 6.18 Å². The zero-order valence-electron chi connectivity index (χ0n) is 12.6. The number of halogens is 9. The van der Waals surface area contributed by atoms with Crippen molar-refractivity contribution in [2.75, 3.05) is 26.2 Å². The van der Waals surface area contributed by atoms with Crippen molar-refractivity contribution >= 4 is 24.0 Å². The molecule has 0 aromatic heterocycles. The van der Waals surface area contributed by atoms with E-state index >= 15 is 0 Å². The third kappa shape index (κ3) is 5.87. The minimum atomic E-state index is -4.83. The summed E-state index contributed by atoms with van der Waals surface area (Å²) in [4.78, 5) is 1.32. The Morgan fingerprint density at radius 1 is 1.08 bits per heavy atom. The molecule has 1 saturated heterocycles. The van der Waals surface area contributed by atoms with Gasteiger partial charge in [0, 0.05) is 37.8 Å². The maximum absolute atomic E-state index is 14.2. The van der Waals surface area contributed by atoms with Gasteiger partial charge in [0.2, 0.25) is 0 Å². The van der Waals surface area contributed by atoms with Crippen molar-refractivity contribution in [3.05, 3.63) is 34.1 Å². The molecule has 0 radical (unpaired) electrons. The lowest BCUT2D eigenvalue weighted by Gasteiger charge is -2.36. The standard InChI is InChI=1S/C14H14ClF7N2.ClH/c15-10-6-8(14(20,21)22)5-9(12(10)16)11(7-13(17,18)19)24-3-1-23-2-4-24;/h5-6,11,23H,1-4,7H2;1H/t11-;/m0./s1. The molecule has 0 amide bonds. The summed E-state index contributed by atoms with van der Waals surface area (Å²) in [6, 6.07) is -0.769. The van der Waals surface area contributed by atoms with Gasteiger partial charge in [0.15, 0.2) is 0 Å². The molecule has 0 saturated carbocycles. The largest absolute Gasteiger partial charge is 0.416 e. The summed E-state index contributed by atoms with van der Waals surface area (Å²) < 4.78 is 91.6. The number of rotatable bonds is 3. The van der Waals surface area contributed by atoms with E-state index in [0.29, 0.717) is 25.2 Å². The Hall–Kier alpha value is -0.770. The van der Waals surface area contributed by atoms with Crippen LogP contribution in [0.15, 0.2) is 12.1 Å². The molecule has 0 unspecified atom stereocenters. The van der Waals surface area contributed by atoms with Crippen molar-refractivity contribution in [1.82, 2.24) is 10.2 Å². The summed E-state index contributed by atoms with van der Waals surface area (Å²) in [5.74, 6) is -1.25. The molecule has 11 heteroatoms. The summed E-state index contributed by atoms with van der Waals surface area (Å²) >= 11 is 5.49. The molecular formula is C14H15Cl2F7N2. The zero-order chi connectivity index (χ0) is 18.1. The van der Waals surface area contributed by atoms with Gasteiger partial charge in [0.25, 0.3) is 0 Å². The molecule has 1 aliphatic rings. The van der Waals surface area contributed by atoms with Crippen LogP contribution in [0.1, 0.15) is 23.6 Å². The van der Waals surface area contributed by atoms with E-state index in [1.54, 1.807) is 0 Å². The Bertz CT molecular complexity index is 584. The first-order valence-electron chi connectivity index (χ1n) is 7.06. The van der Waals surface area contributed by atoms with Crippen LogP contribution in [0.3, 0.4) is 0 Å². The number of nitrogens with zero attached hydrogens (tertiary/aromatic N) is 1. The van der Waals surface area contributed by atoms with E-state index < -0.39 is 46.8 Å². The average molecular weight is 415 g/mol. The Balaban J connectivity index is 0.00000312. The van der Waals surface area contributed by atoms with Crippen LogP contribution in [-0.4, -0.2) is 37.3 Å². The molecule has 25 heavy (non-hydrogen) atoms. The minimum Gasteiger partial charge on any atom is -0.314 e. The van der Waals surface area contributed by atoms with Crippen molar-refractivity contribution < 1.29 is 30.7 Å². The third-order valence-electron chi connectivity index (χ3n) is 3.76. The van der Waals surface area contributed by atoms with Gasteiger partial charge in [-0.3, -0.25) is 4.90 Å². The van der Waals surface area contributed by atoms with Gasteiger partial charge in [-0.2, -0.15) is 26.3 Å². The maximum Gasteiger partial charge on any atom is 0.416 e. The summed E-state index contributed by atoms with van der Waals surface area (Å²) in [6.07, 6.45) is -11.0. The molecule has 0 bridgehead atoms. The van der Waals surface area contributed by atoms with Crippen LogP contribution < -0.4 is 5.32 Å². The quantitative estimate of drug-likeness (QED) is 0.713. The van der Waals surface area contributed by atoms with E-state index in [2.05, 4.69) is 5.32 Å². The number of piperazine rings is 1. The van der Waals surface area contributed by atoms with E-state index in [1.165, 1.54) is 4.90 Å². The van der Waals surface area contributed by atoms with Gasteiger partial charge >= 0.3 is 12.4 Å². The first-order chi connectivity index (χ1) is 11.0. The zero-order valence-corrected chi connectivity index (χ0v) is 14.2. The smallest absolute Gasteiger partial charge is 0.314 e. The van der Waals surface area contributed by atoms with Gasteiger partial charge in [-0.1, -0.05) is 11.6 Å². The van der Waals surface area contributed by atoms with Crippen LogP contribution in [0.2, 0.25) is 5.02 Å². The molecular weight excluding hydrogens is 400 g/mol.